The third kappa shape index (κ3) is 2.67. The van der Waals surface area contributed by atoms with E-state index in [1.165, 1.54) is 6.33 Å². The second kappa shape index (κ2) is 4.59. The third-order valence-electron chi connectivity index (χ3n) is 1.66. The highest BCUT2D eigenvalue weighted by Gasteiger charge is 2.03. The summed E-state index contributed by atoms with van der Waals surface area (Å²) >= 11 is 9.16. The van der Waals surface area contributed by atoms with Crippen LogP contribution >= 0.6 is 27.5 Å². The summed E-state index contributed by atoms with van der Waals surface area (Å²) in [6.07, 6.45) is 1.41. The summed E-state index contributed by atoms with van der Waals surface area (Å²) in [4.78, 5) is 7.85. The average molecular weight is 286 g/mol. The second-order valence-corrected chi connectivity index (χ2v) is 3.93. The summed E-state index contributed by atoms with van der Waals surface area (Å²) < 4.78 is 6.14. The van der Waals surface area contributed by atoms with Crippen molar-refractivity contribution in [2.24, 2.45) is 0 Å². The van der Waals surface area contributed by atoms with Gasteiger partial charge in [-0.25, -0.2) is 9.97 Å². The van der Waals surface area contributed by atoms with Crippen LogP contribution in [0.15, 0.2) is 41.3 Å². The van der Waals surface area contributed by atoms with Gasteiger partial charge in [-0.1, -0.05) is 23.7 Å². The number of hydrogen-bond donors (Lipinski definition) is 0. The van der Waals surface area contributed by atoms with E-state index < -0.39 is 0 Å². The van der Waals surface area contributed by atoms with Crippen LogP contribution < -0.4 is 4.74 Å². The topological polar surface area (TPSA) is 35.0 Å². The van der Waals surface area contributed by atoms with E-state index in [0.717, 1.165) is 0 Å². The van der Waals surface area contributed by atoms with Gasteiger partial charge in [-0.05, 0) is 28.1 Å². The number of nitrogens with zero attached hydrogens (tertiary/aromatic N) is 2. The molecule has 0 amide bonds. The first-order chi connectivity index (χ1) is 7.25. The van der Waals surface area contributed by atoms with Gasteiger partial charge in [0.05, 0.1) is 5.02 Å². The Bertz CT molecular complexity index is 478. The number of halogens is 2. The van der Waals surface area contributed by atoms with E-state index in [2.05, 4.69) is 25.9 Å². The van der Waals surface area contributed by atoms with Crippen molar-refractivity contribution in [2.45, 2.75) is 0 Å². The Morgan fingerprint density at radius 3 is 2.73 bits per heavy atom. The Morgan fingerprint density at radius 1 is 1.20 bits per heavy atom. The minimum atomic E-state index is 0.449. The summed E-state index contributed by atoms with van der Waals surface area (Å²) in [5, 5.41) is 0.548. The van der Waals surface area contributed by atoms with Crippen LogP contribution in [0.5, 0.6) is 11.6 Å². The summed E-state index contributed by atoms with van der Waals surface area (Å²) in [6.45, 7) is 0. The van der Waals surface area contributed by atoms with Crippen LogP contribution in [0.2, 0.25) is 5.02 Å². The lowest BCUT2D eigenvalue weighted by atomic mass is 10.3. The molecule has 2 aromatic rings. The molecule has 0 aliphatic heterocycles. The molecule has 1 aromatic heterocycles. The normalized spacial score (nSPS) is 10.0. The molecule has 0 bridgehead atoms. The Hall–Kier alpha value is -1.13. The van der Waals surface area contributed by atoms with Gasteiger partial charge in [0.1, 0.15) is 16.7 Å². The first-order valence-electron chi connectivity index (χ1n) is 4.15. The van der Waals surface area contributed by atoms with Crippen molar-refractivity contribution in [1.29, 1.82) is 0 Å². The Labute approximate surface area is 100 Å². The predicted molar refractivity (Wildman–Crippen MR) is 61.3 cm³/mol. The minimum absolute atomic E-state index is 0.449. The van der Waals surface area contributed by atoms with Gasteiger partial charge >= 0.3 is 0 Å². The SMILES string of the molecule is Clc1ccccc1Oc1cc(Br)ncn1. The van der Waals surface area contributed by atoms with Crippen LogP contribution in [0.3, 0.4) is 0 Å². The van der Waals surface area contributed by atoms with Crippen LogP contribution in [-0.4, -0.2) is 9.97 Å². The molecule has 0 atom stereocenters. The van der Waals surface area contributed by atoms with Crippen LogP contribution in [0.4, 0.5) is 0 Å². The third-order valence-corrected chi connectivity index (χ3v) is 2.41. The summed E-state index contributed by atoms with van der Waals surface area (Å²) in [5.74, 6) is 1.02. The molecule has 1 aromatic carbocycles. The molecule has 0 spiro atoms. The van der Waals surface area contributed by atoms with Gasteiger partial charge in [-0.2, -0.15) is 0 Å². The molecule has 0 radical (unpaired) electrons. The van der Waals surface area contributed by atoms with Crippen LogP contribution in [0, 0.1) is 0 Å². The molecule has 1 heterocycles. The van der Waals surface area contributed by atoms with Crippen molar-refractivity contribution in [3.63, 3.8) is 0 Å². The molecule has 0 fully saturated rings. The van der Waals surface area contributed by atoms with Crippen molar-refractivity contribution in [1.82, 2.24) is 9.97 Å². The molecule has 0 unspecified atom stereocenters. The molecular weight excluding hydrogens is 279 g/mol. The lowest BCUT2D eigenvalue weighted by molar-refractivity contribution is 0.461. The minimum Gasteiger partial charge on any atom is -0.437 e. The van der Waals surface area contributed by atoms with Crippen LogP contribution in [0.1, 0.15) is 0 Å². The van der Waals surface area contributed by atoms with Crippen molar-refractivity contribution >= 4 is 27.5 Å². The van der Waals surface area contributed by atoms with E-state index in [-0.39, 0.29) is 0 Å². The standard InChI is InChI=1S/C10H6BrClN2O/c11-9-5-10(14-6-13-9)15-8-4-2-1-3-7(8)12/h1-6H. The molecule has 15 heavy (non-hydrogen) atoms. The Kier molecular flexibility index (Phi) is 3.18. The molecule has 3 nitrogen and oxygen atoms in total. The highest BCUT2D eigenvalue weighted by Crippen LogP contribution is 2.28. The first kappa shape index (κ1) is 10.4. The number of rotatable bonds is 2. The maximum atomic E-state index is 5.93. The summed E-state index contributed by atoms with van der Waals surface area (Å²) in [5.41, 5.74) is 0. The van der Waals surface area contributed by atoms with E-state index in [1.54, 1.807) is 18.2 Å². The number of benzene rings is 1. The Balaban J connectivity index is 2.26. The Morgan fingerprint density at radius 2 is 2.00 bits per heavy atom. The van der Waals surface area contributed by atoms with Crippen molar-refractivity contribution in [3.8, 4) is 11.6 Å². The largest absolute Gasteiger partial charge is 0.437 e. The van der Waals surface area contributed by atoms with Crippen molar-refractivity contribution in [3.05, 3.63) is 46.3 Å². The van der Waals surface area contributed by atoms with Gasteiger partial charge in [0, 0.05) is 6.07 Å². The van der Waals surface area contributed by atoms with Gasteiger partial charge in [-0.3, -0.25) is 0 Å². The van der Waals surface area contributed by atoms with Gasteiger partial charge in [0.25, 0.3) is 0 Å². The number of aromatic nitrogens is 2. The highest BCUT2D eigenvalue weighted by atomic mass is 79.9. The molecule has 0 saturated carbocycles. The van der Waals surface area contributed by atoms with Gasteiger partial charge in [0.15, 0.2) is 0 Å². The number of para-hydroxylation sites is 1. The van der Waals surface area contributed by atoms with Crippen LogP contribution in [0.25, 0.3) is 0 Å². The number of ether oxygens (including phenoxy) is 1. The average Bonchev–Trinajstić information content (AvgIpc) is 2.22. The lowest BCUT2D eigenvalue weighted by Gasteiger charge is -2.05. The molecule has 2 rings (SSSR count). The fourth-order valence-electron chi connectivity index (χ4n) is 1.01. The fraction of sp³-hybridized carbons (Fsp3) is 0. The molecule has 0 aliphatic carbocycles. The molecule has 5 heteroatoms. The fourth-order valence-corrected chi connectivity index (χ4v) is 1.48. The highest BCUT2D eigenvalue weighted by molar-refractivity contribution is 9.10. The van der Waals surface area contributed by atoms with Crippen molar-refractivity contribution in [2.75, 3.05) is 0 Å². The zero-order chi connectivity index (χ0) is 10.7. The van der Waals surface area contributed by atoms with Gasteiger partial charge < -0.3 is 4.74 Å². The van der Waals surface area contributed by atoms with Gasteiger partial charge in [0.2, 0.25) is 5.88 Å². The zero-order valence-corrected chi connectivity index (χ0v) is 9.86. The lowest BCUT2D eigenvalue weighted by Crippen LogP contribution is -1.89. The van der Waals surface area contributed by atoms with Gasteiger partial charge in [-0.15, -0.1) is 0 Å². The van der Waals surface area contributed by atoms with Crippen molar-refractivity contribution < 1.29 is 4.74 Å². The molecule has 0 aliphatic rings. The summed E-state index contributed by atoms with van der Waals surface area (Å²) in [7, 11) is 0. The number of hydrogen-bond acceptors (Lipinski definition) is 3. The molecular formula is C10H6BrClN2O. The van der Waals surface area contributed by atoms with E-state index in [4.69, 9.17) is 16.3 Å². The van der Waals surface area contributed by atoms with E-state index in [9.17, 15) is 0 Å². The van der Waals surface area contributed by atoms with E-state index >= 15 is 0 Å². The quantitative estimate of drug-likeness (QED) is 0.789. The van der Waals surface area contributed by atoms with Crippen LogP contribution in [-0.2, 0) is 0 Å². The van der Waals surface area contributed by atoms with E-state index in [1.807, 2.05) is 12.1 Å². The maximum Gasteiger partial charge on any atom is 0.223 e. The predicted octanol–water partition coefficient (Wildman–Crippen LogP) is 3.68. The smallest absolute Gasteiger partial charge is 0.223 e. The monoisotopic (exact) mass is 284 g/mol. The first-order valence-corrected chi connectivity index (χ1v) is 5.33. The summed E-state index contributed by atoms with van der Waals surface area (Å²) in [6, 6.07) is 8.89. The van der Waals surface area contributed by atoms with E-state index in [0.29, 0.717) is 21.3 Å². The maximum absolute atomic E-state index is 5.93. The molecule has 0 saturated heterocycles. The molecule has 76 valence electrons. The zero-order valence-electron chi connectivity index (χ0n) is 7.52. The molecule has 0 N–H and O–H groups in total. The second-order valence-electron chi connectivity index (χ2n) is 2.71.